The van der Waals surface area contributed by atoms with Crippen LogP contribution in [-0.2, 0) is 16.1 Å². The molecule has 150 valence electrons. The highest BCUT2D eigenvalue weighted by Crippen LogP contribution is 2.32. The third-order valence-electron chi connectivity index (χ3n) is 4.91. The quantitative estimate of drug-likeness (QED) is 0.629. The van der Waals surface area contributed by atoms with Crippen LogP contribution in [0.15, 0.2) is 78.5 Å². The number of nitrogens with one attached hydrogen (secondary N) is 1. The number of halogens is 2. The third kappa shape index (κ3) is 3.72. The second-order valence-corrected chi connectivity index (χ2v) is 7.04. The van der Waals surface area contributed by atoms with Crippen molar-refractivity contribution in [2.75, 3.05) is 5.32 Å². The Balaban J connectivity index is 1.74. The van der Waals surface area contributed by atoms with E-state index in [1.807, 2.05) is 19.1 Å². The van der Waals surface area contributed by atoms with Crippen LogP contribution in [0.1, 0.15) is 16.7 Å². The molecule has 0 saturated heterocycles. The standard InChI is InChI=1S/C24H18F2N2O2/c1-15-6-8-16(9-7-15)21-22(27-19-12-10-18(25)11-13-19)24(30)28(23(21)29)14-17-4-2-3-5-20(17)26/h2-13,27H,14H2,1H3. The van der Waals surface area contributed by atoms with Gasteiger partial charge in [-0.2, -0.15) is 0 Å². The first-order valence-corrected chi connectivity index (χ1v) is 9.37. The van der Waals surface area contributed by atoms with Crippen molar-refractivity contribution in [3.8, 4) is 0 Å². The minimum atomic E-state index is -0.567. The van der Waals surface area contributed by atoms with Crippen LogP contribution in [-0.4, -0.2) is 16.7 Å². The van der Waals surface area contributed by atoms with Gasteiger partial charge in [-0.15, -0.1) is 0 Å². The van der Waals surface area contributed by atoms with E-state index in [4.69, 9.17) is 0 Å². The summed E-state index contributed by atoms with van der Waals surface area (Å²) in [5.74, 6) is -1.99. The van der Waals surface area contributed by atoms with Gasteiger partial charge in [0, 0.05) is 11.3 Å². The van der Waals surface area contributed by atoms with Gasteiger partial charge in [0.15, 0.2) is 0 Å². The summed E-state index contributed by atoms with van der Waals surface area (Å²) in [5, 5.41) is 2.95. The molecule has 0 saturated carbocycles. The van der Waals surface area contributed by atoms with E-state index in [2.05, 4.69) is 5.32 Å². The Hall–Kier alpha value is -3.80. The molecule has 0 aliphatic carbocycles. The Morgan fingerprint density at radius 2 is 1.50 bits per heavy atom. The predicted molar refractivity (Wildman–Crippen MR) is 110 cm³/mol. The lowest BCUT2D eigenvalue weighted by atomic mass is 10.0. The van der Waals surface area contributed by atoms with E-state index < -0.39 is 23.4 Å². The van der Waals surface area contributed by atoms with Crippen molar-refractivity contribution in [3.63, 3.8) is 0 Å². The van der Waals surface area contributed by atoms with Crippen molar-refractivity contribution in [1.82, 2.24) is 4.90 Å². The first kappa shape index (κ1) is 19.5. The normalized spacial score (nSPS) is 13.9. The lowest BCUT2D eigenvalue weighted by molar-refractivity contribution is -0.137. The minimum absolute atomic E-state index is 0.0757. The van der Waals surface area contributed by atoms with Gasteiger partial charge >= 0.3 is 0 Å². The molecule has 4 rings (SSSR count). The summed E-state index contributed by atoms with van der Waals surface area (Å²) >= 11 is 0. The molecule has 6 heteroatoms. The van der Waals surface area contributed by atoms with Gasteiger partial charge in [0.2, 0.25) is 0 Å². The lowest BCUT2D eigenvalue weighted by Crippen LogP contribution is -2.32. The van der Waals surface area contributed by atoms with Gasteiger partial charge in [-0.05, 0) is 42.8 Å². The molecule has 0 bridgehead atoms. The largest absolute Gasteiger partial charge is 0.350 e. The minimum Gasteiger partial charge on any atom is -0.350 e. The molecule has 30 heavy (non-hydrogen) atoms. The molecule has 0 radical (unpaired) electrons. The number of amides is 2. The molecule has 1 aliphatic heterocycles. The number of aryl methyl sites for hydroxylation is 1. The average molecular weight is 404 g/mol. The van der Waals surface area contributed by atoms with Crippen LogP contribution in [0, 0.1) is 18.6 Å². The fourth-order valence-electron chi connectivity index (χ4n) is 3.30. The number of imide groups is 1. The molecule has 4 nitrogen and oxygen atoms in total. The second-order valence-electron chi connectivity index (χ2n) is 7.04. The monoisotopic (exact) mass is 404 g/mol. The van der Waals surface area contributed by atoms with Gasteiger partial charge in [0.25, 0.3) is 11.8 Å². The van der Waals surface area contributed by atoms with E-state index in [9.17, 15) is 18.4 Å². The predicted octanol–water partition coefficient (Wildman–Crippen LogP) is 4.67. The van der Waals surface area contributed by atoms with Gasteiger partial charge < -0.3 is 5.32 Å². The van der Waals surface area contributed by atoms with Gasteiger partial charge in [0.05, 0.1) is 12.1 Å². The Kier molecular flexibility index (Phi) is 5.14. The first-order chi connectivity index (χ1) is 14.4. The molecule has 3 aromatic carbocycles. The average Bonchev–Trinajstić information content (AvgIpc) is 2.96. The topological polar surface area (TPSA) is 49.4 Å². The number of hydrogen-bond donors (Lipinski definition) is 1. The van der Waals surface area contributed by atoms with Gasteiger partial charge in [-0.3, -0.25) is 14.5 Å². The number of rotatable bonds is 5. The van der Waals surface area contributed by atoms with Crippen LogP contribution in [0.4, 0.5) is 14.5 Å². The van der Waals surface area contributed by atoms with Crippen molar-refractivity contribution in [1.29, 1.82) is 0 Å². The van der Waals surface area contributed by atoms with Crippen molar-refractivity contribution in [2.24, 2.45) is 0 Å². The number of benzene rings is 3. The third-order valence-corrected chi connectivity index (χ3v) is 4.91. The molecule has 3 aromatic rings. The van der Waals surface area contributed by atoms with E-state index in [0.717, 1.165) is 10.5 Å². The van der Waals surface area contributed by atoms with Crippen molar-refractivity contribution >= 4 is 23.1 Å². The zero-order chi connectivity index (χ0) is 21.3. The summed E-state index contributed by atoms with van der Waals surface area (Å²) in [4.78, 5) is 27.4. The van der Waals surface area contributed by atoms with Gasteiger partial charge in [0.1, 0.15) is 17.3 Å². The lowest BCUT2D eigenvalue weighted by Gasteiger charge is -2.16. The Labute approximate surface area is 172 Å². The summed E-state index contributed by atoms with van der Waals surface area (Å²) in [6, 6.07) is 18.7. The first-order valence-electron chi connectivity index (χ1n) is 9.37. The molecule has 0 aromatic heterocycles. The molecular weight excluding hydrogens is 386 g/mol. The molecule has 1 aliphatic rings. The maximum atomic E-state index is 14.1. The molecular formula is C24H18F2N2O2. The zero-order valence-corrected chi connectivity index (χ0v) is 16.2. The van der Waals surface area contributed by atoms with Crippen molar-refractivity contribution < 1.29 is 18.4 Å². The Bertz CT molecular complexity index is 1150. The summed E-state index contributed by atoms with van der Waals surface area (Å²) in [6.07, 6.45) is 0. The van der Waals surface area contributed by atoms with E-state index in [0.29, 0.717) is 11.3 Å². The van der Waals surface area contributed by atoms with E-state index in [-0.39, 0.29) is 23.4 Å². The second kappa shape index (κ2) is 7.91. The van der Waals surface area contributed by atoms with E-state index >= 15 is 0 Å². The van der Waals surface area contributed by atoms with Crippen molar-refractivity contribution in [2.45, 2.75) is 13.5 Å². The highest BCUT2D eigenvalue weighted by molar-refractivity contribution is 6.36. The molecule has 0 atom stereocenters. The van der Waals surface area contributed by atoms with Crippen LogP contribution in [0.5, 0.6) is 0 Å². The molecule has 2 amide bonds. The highest BCUT2D eigenvalue weighted by atomic mass is 19.1. The fraction of sp³-hybridized carbons (Fsp3) is 0.0833. The summed E-state index contributed by atoms with van der Waals surface area (Å²) < 4.78 is 27.4. The molecule has 0 unspecified atom stereocenters. The van der Waals surface area contributed by atoms with Crippen LogP contribution < -0.4 is 5.32 Å². The highest BCUT2D eigenvalue weighted by Gasteiger charge is 2.39. The van der Waals surface area contributed by atoms with Gasteiger partial charge in [-0.25, -0.2) is 8.78 Å². The van der Waals surface area contributed by atoms with Crippen LogP contribution in [0.3, 0.4) is 0 Å². The fourth-order valence-corrected chi connectivity index (χ4v) is 3.30. The molecule has 0 fully saturated rings. The van der Waals surface area contributed by atoms with Crippen LogP contribution in [0.2, 0.25) is 0 Å². The zero-order valence-electron chi connectivity index (χ0n) is 16.2. The number of anilines is 1. The molecule has 0 spiro atoms. The van der Waals surface area contributed by atoms with Crippen LogP contribution >= 0.6 is 0 Å². The maximum absolute atomic E-state index is 14.1. The summed E-state index contributed by atoms with van der Waals surface area (Å²) in [6.45, 7) is 1.73. The van der Waals surface area contributed by atoms with Gasteiger partial charge in [-0.1, -0.05) is 48.0 Å². The van der Waals surface area contributed by atoms with E-state index in [1.165, 1.54) is 36.4 Å². The number of carbonyl (C=O) groups is 2. The molecule has 1 N–H and O–H groups in total. The smallest absolute Gasteiger partial charge is 0.278 e. The Morgan fingerprint density at radius 3 is 2.17 bits per heavy atom. The summed E-state index contributed by atoms with van der Waals surface area (Å²) in [7, 11) is 0. The number of nitrogens with zero attached hydrogens (tertiary/aromatic N) is 1. The summed E-state index contributed by atoms with van der Waals surface area (Å²) in [5.41, 5.74) is 2.55. The van der Waals surface area contributed by atoms with Crippen molar-refractivity contribution in [3.05, 3.63) is 107 Å². The van der Waals surface area contributed by atoms with E-state index in [1.54, 1.807) is 24.3 Å². The van der Waals surface area contributed by atoms with Crippen LogP contribution in [0.25, 0.3) is 5.57 Å². The number of carbonyl (C=O) groups excluding carboxylic acids is 2. The SMILES string of the molecule is Cc1ccc(C2=C(Nc3ccc(F)cc3)C(=O)N(Cc3ccccc3F)C2=O)cc1. The molecule has 1 heterocycles. The maximum Gasteiger partial charge on any atom is 0.278 e. The Morgan fingerprint density at radius 1 is 0.833 bits per heavy atom. The number of hydrogen-bond acceptors (Lipinski definition) is 3.